The van der Waals surface area contributed by atoms with Crippen LogP contribution in [0.25, 0.3) is 0 Å². The van der Waals surface area contributed by atoms with Gasteiger partial charge in [-0.1, -0.05) is 37.3 Å². The van der Waals surface area contributed by atoms with Crippen LogP contribution in [0, 0.1) is 5.92 Å². The van der Waals surface area contributed by atoms with Gasteiger partial charge in [0.05, 0.1) is 12.5 Å². The van der Waals surface area contributed by atoms with E-state index in [9.17, 15) is 18.0 Å². The van der Waals surface area contributed by atoms with Crippen molar-refractivity contribution in [1.82, 2.24) is 4.90 Å². The average Bonchev–Trinajstić information content (AvgIpc) is 2.34. The average molecular weight is 289 g/mol. The summed E-state index contributed by atoms with van der Waals surface area (Å²) in [7, 11) is 1.33. The first-order chi connectivity index (χ1) is 9.28. The van der Waals surface area contributed by atoms with Crippen molar-refractivity contribution >= 4 is 5.97 Å². The normalized spacial score (nSPS) is 13.3. The van der Waals surface area contributed by atoms with Gasteiger partial charge in [-0.2, -0.15) is 13.2 Å². The van der Waals surface area contributed by atoms with Crippen LogP contribution < -0.4 is 0 Å². The zero-order chi connectivity index (χ0) is 15.2. The van der Waals surface area contributed by atoms with Crippen LogP contribution in [0.1, 0.15) is 12.5 Å². The summed E-state index contributed by atoms with van der Waals surface area (Å²) in [6.45, 7) is 0.656. The molecule has 0 aliphatic carbocycles. The fourth-order valence-electron chi connectivity index (χ4n) is 1.78. The minimum atomic E-state index is -4.26. The van der Waals surface area contributed by atoms with E-state index in [0.717, 1.165) is 10.5 Å². The molecule has 1 unspecified atom stereocenters. The van der Waals surface area contributed by atoms with Crippen molar-refractivity contribution < 1.29 is 22.7 Å². The van der Waals surface area contributed by atoms with E-state index in [-0.39, 0.29) is 13.2 Å². The number of esters is 1. The summed E-state index contributed by atoms with van der Waals surface area (Å²) in [6.07, 6.45) is -4.26. The molecule has 0 aliphatic rings. The van der Waals surface area contributed by atoms with Crippen LogP contribution in [0.2, 0.25) is 0 Å². The summed E-state index contributed by atoms with van der Waals surface area (Å²) >= 11 is 0. The molecule has 0 bridgehead atoms. The van der Waals surface area contributed by atoms with Gasteiger partial charge in [-0.15, -0.1) is 0 Å². The van der Waals surface area contributed by atoms with E-state index in [1.807, 2.05) is 30.3 Å². The van der Waals surface area contributed by atoms with Gasteiger partial charge in [0, 0.05) is 6.54 Å². The summed E-state index contributed by atoms with van der Waals surface area (Å²) in [5, 5.41) is 0. The Morgan fingerprint density at radius 2 is 1.90 bits per heavy atom. The molecule has 3 nitrogen and oxygen atoms in total. The molecule has 1 aromatic rings. The Balaban J connectivity index is 2.36. The Kier molecular flexibility index (Phi) is 6.01. The van der Waals surface area contributed by atoms with Crippen molar-refractivity contribution in [2.75, 3.05) is 20.1 Å². The molecule has 0 spiro atoms. The molecule has 0 heterocycles. The largest absolute Gasteiger partial charge is 0.461 e. The van der Waals surface area contributed by atoms with Crippen LogP contribution >= 0.6 is 0 Å². The van der Waals surface area contributed by atoms with Crippen molar-refractivity contribution in [2.24, 2.45) is 5.92 Å². The Morgan fingerprint density at radius 3 is 2.45 bits per heavy atom. The first kappa shape index (κ1) is 16.5. The molecule has 0 saturated heterocycles. The fraction of sp³-hybridized carbons (Fsp3) is 0.500. The van der Waals surface area contributed by atoms with Crippen LogP contribution in [-0.4, -0.2) is 37.2 Å². The second kappa shape index (κ2) is 7.28. The van der Waals surface area contributed by atoms with Gasteiger partial charge < -0.3 is 4.74 Å². The maximum Gasteiger partial charge on any atom is 0.401 e. The summed E-state index contributed by atoms with van der Waals surface area (Å²) in [5.41, 5.74) is 0.844. The van der Waals surface area contributed by atoms with E-state index >= 15 is 0 Å². The van der Waals surface area contributed by atoms with E-state index in [4.69, 9.17) is 4.74 Å². The van der Waals surface area contributed by atoms with Crippen LogP contribution in [0.15, 0.2) is 30.3 Å². The number of carbonyl (C=O) groups is 1. The second-order valence-corrected chi connectivity index (χ2v) is 4.81. The Hall–Kier alpha value is -1.56. The van der Waals surface area contributed by atoms with E-state index in [0.29, 0.717) is 0 Å². The zero-order valence-corrected chi connectivity index (χ0v) is 11.5. The highest BCUT2D eigenvalue weighted by Gasteiger charge is 2.30. The van der Waals surface area contributed by atoms with Gasteiger partial charge in [0.2, 0.25) is 0 Å². The van der Waals surface area contributed by atoms with Crippen LogP contribution in [0.3, 0.4) is 0 Å². The zero-order valence-electron chi connectivity index (χ0n) is 11.5. The number of alkyl halides is 3. The van der Waals surface area contributed by atoms with Crippen molar-refractivity contribution in [1.29, 1.82) is 0 Å². The van der Waals surface area contributed by atoms with Crippen LogP contribution in [-0.2, 0) is 16.1 Å². The molecule has 0 radical (unpaired) electrons. The monoisotopic (exact) mass is 289 g/mol. The Bertz CT molecular complexity index is 420. The van der Waals surface area contributed by atoms with E-state index in [1.165, 1.54) is 7.05 Å². The molecule has 6 heteroatoms. The lowest BCUT2D eigenvalue weighted by Gasteiger charge is -2.21. The number of rotatable bonds is 6. The topological polar surface area (TPSA) is 29.5 Å². The van der Waals surface area contributed by atoms with Gasteiger partial charge in [-0.25, -0.2) is 0 Å². The maximum atomic E-state index is 12.2. The highest BCUT2D eigenvalue weighted by Crippen LogP contribution is 2.16. The summed E-state index contributed by atoms with van der Waals surface area (Å²) < 4.78 is 41.6. The van der Waals surface area contributed by atoms with Gasteiger partial charge in [-0.3, -0.25) is 9.69 Å². The predicted octanol–water partition coefficient (Wildman–Crippen LogP) is 2.86. The molecule has 1 aromatic carbocycles. The minimum absolute atomic E-state index is 0.00708. The lowest BCUT2D eigenvalue weighted by Crippen LogP contribution is -2.36. The lowest BCUT2D eigenvalue weighted by atomic mass is 10.1. The molecular weight excluding hydrogens is 271 g/mol. The smallest absolute Gasteiger partial charge is 0.401 e. The first-order valence-corrected chi connectivity index (χ1v) is 6.24. The molecule has 0 aromatic heterocycles. The van der Waals surface area contributed by atoms with Crippen LogP contribution in [0.4, 0.5) is 13.2 Å². The predicted molar refractivity (Wildman–Crippen MR) is 69.0 cm³/mol. The van der Waals surface area contributed by atoms with Crippen molar-refractivity contribution in [3.63, 3.8) is 0 Å². The molecule has 112 valence electrons. The Morgan fingerprint density at radius 1 is 1.30 bits per heavy atom. The molecule has 0 fully saturated rings. The second-order valence-electron chi connectivity index (χ2n) is 4.81. The van der Waals surface area contributed by atoms with Crippen molar-refractivity contribution in [2.45, 2.75) is 19.7 Å². The molecule has 20 heavy (non-hydrogen) atoms. The van der Waals surface area contributed by atoms with Gasteiger partial charge in [0.25, 0.3) is 0 Å². The first-order valence-electron chi connectivity index (χ1n) is 6.24. The number of hydrogen-bond donors (Lipinski definition) is 0. The number of ether oxygens (including phenoxy) is 1. The summed E-state index contributed by atoms with van der Waals surface area (Å²) in [6, 6.07) is 9.12. The molecular formula is C14H18F3NO2. The van der Waals surface area contributed by atoms with Gasteiger partial charge >= 0.3 is 12.1 Å². The number of benzene rings is 1. The maximum absolute atomic E-state index is 12.2. The molecule has 1 rings (SSSR count). The van der Waals surface area contributed by atoms with Gasteiger partial charge in [0.15, 0.2) is 0 Å². The summed E-state index contributed by atoms with van der Waals surface area (Å²) in [4.78, 5) is 12.8. The SMILES string of the molecule is CC(CN(C)CC(F)(F)F)C(=O)OCc1ccccc1. The Labute approximate surface area is 116 Å². The molecule has 1 atom stereocenters. The number of halogens is 3. The number of nitrogens with zero attached hydrogens (tertiary/aromatic N) is 1. The lowest BCUT2D eigenvalue weighted by molar-refractivity contribution is -0.155. The highest BCUT2D eigenvalue weighted by molar-refractivity contribution is 5.72. The van der Waals surface area contributed by atoms with Crippen LogP contribution in [0.5, 0.6) is 0 Å². The molecule has 0 amide bonds. The fourth-order valence-corrected chi connectivity index (χ4v) is 1.78. The molecule has 0 saturated carbocycles. The van der Waals surface area contributed by atoms with E-state index in [2.05, 4.69) is 0 Å². The minimum Gasteiger partial charge on any atom is -0.461 e. The standard InChI is InChI=1S/C14H18F3NO2/c1-11(8-18(2)10-14(15,16)17)13(19)20-9-12-6-4-3-5-7-12/h3-7,11H,8-10H2,1-2H3. The third kappa shape index (κ3) is 6.56. The quantitative estimate of drug-likeness (QED) is 0.754. The molecule has 0 N–H and O–H groups in total. The summed E-state index contributed by atoms with van der Waals surface area (Å²) in [5.74, 6) is -1.10. The van der Waals surface area contributed by atoms with Crippen molar-refractivity contribution in [3.8, 4) is 0 Å². The van der Waals surface area contributed by atoms with E-state index < -0.39 is 24.6 Å². The van der Waals surface area contributed by atoms with Gasteiger partial charge in [-0.05, 0) is 12.6 Å². The van der Waals surface area contributed by atoms with Gasteiger partial charge in [0.1, 0.15) is 6.61 Å². The third-order valence-electron chi connectivity index (χ3n) is 2.66. The number of hydrogen-bond acceptors (Lipinski definition) is 3. The van der Waals surface area contributed by atoms with E-state index in [1.54, 1.807) is 6.92 Å². The van der Waals surface area contributed by atoms with Crippen molar-refractivity contribution in [3.05, 3.63) is 35.9 Å². The molecule has 0 aliphatic heterocycles. The third-order valence-corrected chi connectivity index (χ3v) is 2.66. The highest BCUT2D eigenvalue weighted by atomic mass is 19.4. The number of carbonyl (C=O) groups excluding carboxylic acids is 1.